The Morgan fingerprint density at radius 3 is 2.68 bits per heavy atom. The van der Waals surface area contributed by atoms with E-state index in [9.17, 15) is 19.1 Å². The lowest BCUT2D eigenvalue weighted by atomic mass is 9.94. The molecule has 7 nitrogen and oxygen atoms in total. The number of amides is 1. The number of carbonyl (C=O) groups excluding carboxylic acids is 2. The van der Waals surface area contributed by atoms with E-state index in [0.717, 1.165) is 16.0 Å². The second-order valence-corrected chi connectivity index (χ2v) is 10.0. The van der Waals surface area contributed by atoms with Gasteiger partial charge in [-0.05, 0) is 66.6 Å². The summed E-state index contributed by atoms with van der Waals surface area (Å²) < 4.78 is 25.6. The average molecular weight is 517 g/mol. The molecule has 9 heteroatoms. The summed E-state index contributed by atoms with van der Waals surface area (Å²) in [7, 11) is 1.56. The number of aliphatic hydroxyl groups is 1. The van der Waals surface area contributed by atoms with Crippen LogP contribution in [0.2, 0.25) is 0 Å². The number of benzene rings is 3. The van der Waals surface area contributed by atoms with E-state index in [1.807, 2.05) is 6.92 Å². The number of hydrogen-bond donors (Lipinski definition) is 1. The van der Waals surface area contributed by atoms with Crippen LogP contribution in [0.4, 0.5) is 9.52 Å². The molecule has 2 aliphatic rings. The summed E-state index contributed by atoms with van der Waals surface area (Å²) in [6.45, 7) is 1.95. The highest BCUT2D eigenvalue weighted by atomic mass is 32.1. The molecule has 1 saturated heterocycles. The predicted molar refractivity (Wildman–Crippen MR) is 138 cm³/mol. The van der Waals surface area contributed by atoms with Crippen LogP contribution in [-0.2, 0) is 16.0 Å². The minimum absolute atomic E-state index is 0.00912. The maximum atomic E-state index is 13.8. The van der Waals surface area contributed by atoms with Crippen molar-refractivity contribution in [1.82, 2.24) is 4.98 Å². The molecule has 6 rings (SSSR count). The molecule has 186 valence electrons. The number of Topliss-reactive ketones (excluding diaryl/α,β-unsaturated/α-hetero) is 1. The molecule has 37 heavy (non-hydrogen) atoms. The van der Waals surface area contributed by atoms with Gasteiger partial charge in [0.1, 0.15) is 29.2 Å². The topological polar surface area (TPSA) is 89.0 Å². The molecule has 0 spiro atoms. The van der Waals surface area contributed by atoms with E-state index >= 15 is 0 Å². The van der Waals surface area contributed by atoms with Gasteiger partial charge < -0.3 is 14.6 Å². The summed E-state index contributed by atoms with van der Waals surface area (Å²) in [6, 6.07) is 15.0. The number of aromatic nitrogens is 1. The Kier molecular flexibility index (Phi) is 5.45. The monoisotopic (exact) mass is 516 g/mol. The predicted octanol–water partition coefficient (Wildman–Crippen LogP) is 5.39. The first-order valence-corrected chi connectivity index (χ1v) is 12.5. The number of fused-ring (bicyclic) bond motifs is 2. The average Bonchev–Trinajstić information content (AvgIpc) is 3.55. The Hall–Kier alpha value is -4.24. The van der Waals surface area contributed by atoms with Crippen molar-refractivity contribution in [3.63, 3.8) is 0 Å². The van der Waals surface area contributed by atoms with Gasteiger partial charge in [0.25, 0.3) is 5.78 Å². The molecule has 2 aliphatic heterocycles. The number of methoxy groups -OCH3 is 1. The van der Waals surface area contributed by atoms with E-state index in [0.29, 0.717) is 28.8 Å². The van der Waals surface area contributed by atoms with Gasteiger partial charge in [-0.15, -0.1) is 0 Å². The second kappa shape index (κ2) is 8.70. The fourth-order valence-corrected chi connectivity index (χ4v) is 5.86. The molecule has 1 fully saturated rings. The maximum absolute atomic E-state index is 13.8. The lowest BCUT2D eigenvalue weighted by Crippen LogP contribution is -2.29. The summed E-state index contributed by atoms with van der Waals surface area (Å²) in [5, 5.41) is 11.7. The van der Waals surface area contributed by atoms with Gasteiger partial charge in [0.15, 0.2) is 5.13 Å². The molecular weight excluding hydrogens is 495 g/mol. The molecule has 0 unspecified atom stereocenters. The zero-order valence-corrected chi connectivity index (χ0v) is 20.7. The molecule has 3 heterocycles. The maximum Gasteiger partial charge on any atom is 0.301 e. The SMILES string of the molecule is COc1ccc2nc(N3C(=O)C(=O)/C(=C(/O)c4ccc5c(c4)C[C@@H](C)O5)[C@H]3c3ccc(F)cc3)sc2c1. The van der Waals surface area contributed by atoms with Crippen molar-refractivity contribution in [1.29, 1.82) is 0 Å². The first kappa shape index (κ1) is 23.2. The molecule has 1 amide bonds. The first-order chi connectivity index (χ1) is 17.8. The van der Waals surface area contributed by atoms with Crippen molar-refractivity contribution in [3.05, 3.63) is 88.7 Å². The smallest absolute Gasteiger partial charge is 0.301 e. The van der Waals surface area contributed by atoms with Crippen molar-refractivity contribution in [2.45, 2.75) is 25.5 Å². The number of thiazole rings is 1. The van der Waals surface area contributed by atoms with E-state index in [4.69, 9.17) is 9.47 Å². The Balaban J connectivity index is 1.52. The van der Waals surface area contributed by atoms with Crippen LogP contribution < -0.4 is 14.4 Å². The van der Waals surface area contributed by atoms with Crippen LogP contribution in [0.1, 0.15) is 29.7 Å². The number of carbonyl (C=O) groups is 2. The zero-order valence-electron chi connectivity index (χ0n) is 19.9. The van der Waals surface area contributed by atoms with Gasteiger partial charge in [0.05, 0.1) is 28.9 Å². The summed E-state index contributed by atoms with van der Waals surface area (Å²) >= 11 is 1.22. The van der Waals surface area contributed by atoms with Crippen LogP contribution in [0.3, 0.4) is 0 Å². The fraction of sp³-hybridized carbons (Fsp3) is 0.179. The summed E-state index contributed by atoms with van der Waals surface area (Å²) in [6.07, 6.45) is 0.677. The number of aliphatic hydroxyl groups excluding tert-OH is 1. The van der Waals surface area contributed by atoms with Crippen LogP contribution in [0.5, 0.6) is 11.5 Å². The standard InChI is InChI=1S/C28H21FN2O5S/c1-14-11-17-12-16(5-10-21(17)36-14)25(32)23-24(15-3-6-18(29)7-4-15)31(27(34)26(23)33)28-30-20-9-8-19(35-2)13-22(20)37-28/h3-10,12-14,24,32H,11H2,1-2H3/b25-23+/t14-,24-/m1/s1. The summed E-state index contributed by atoms with van der Waals surface area (Å²) in [5.74, 6) is -1.06. The molecule has 4 aromatic rings. The third-order valence-corrected chi connectivity index (χ3v) is 7.61. The number of rotatable bonds is 4. The Bertz CT molecular complexity index is 1610. The normalized spacial score (nSPS) is 20.4. The minimum Gasteiger partial charge on any atom is -0.507 e. The number of ketones is 1. The van der Waals surface area contributed by atoms with E-state index in [-0.39, 0.29) is 22.6 Å². The van der Waals surface area contributed by atoms with E-state index in [1.54, 1.807) is 43.5 Å². The van der Waals surface area contributed by atoms with Crippen LogP contribution in [0, 0.1) is 5.82 Å². The van der Waals surface area contributed by atoms with Crippen LogP contribution in [0.25, 0.3) is 16.0 Å². The highest BCUT2D eigenvalue weighted by Crippen LogP contribution is 2.45. The third-order valence-electron chi connectivity index (χ3n) is 6.59. The van der Waals surface area contributed by atoms with E-state index < -0.39 is 23.5 Å². The molecule has 0 radical (unpaired) electrons. The first-order valence-electron chi connectivity index (χ1n) is 11.6. The largest absolute Gasteiger partial charge is 0.507 e. The van der Waals surface area contributed by atoms with Gasteiger partial charge in [0, 0.05) is 12.0 Å². The van der Waals surface area contributed by atoms with Crippen molar-refractivity contribution in [2.75, 3.05) is 12.0 Å². The van der Waals surface area contributed by atoms with Crippen molar-refractivity contribution in [3.8, 4) is 11.5 Å². The molecule has 1 N–H and O–H groups in total. The molecule has 0 bridgehead atoms. The molecule has 0 aliphatic carbocycles. The number of anilines is 1. The number of hydrogen-bond acceptors (Lipinski definition) is 7. The highest BCUT2D eigenvalue weighted by molar-refractivity contribution is 7.22. The molecule has 0 saturated carbocycles. The third kappa shape index (κ3) is 3.82. The molecule has 1 aromatic heterocycles. The zero-order chi connectivity index (χ0) is 25.8. The van der Waals surface area contributed by atoms with E-state index in [1.165, 1.54) is 40.5 Å². The van der Waals surface area contributed by atoms with Crippen LogP contribution >= 0.6 is 11.3 Å². The van der Waals surface area contributed by atoms with Gasteiger partial charge in [-0.2, -0.15) is 0 Å². The molecular formula is C28H21FN2O5S. The van der Waals surface area contributed by atoms with Crippen molar-refractivity contribution < 1.29 is 28.6 Å². The quantitative estimate of drug-likeness (QED) is 0.222. The minimum atomic E-state index is -0.994. The molecule has 3 aromatic carbocycles. The van der Waals surface area contributed by atoms with E-state index in [2.05, 4.69) is 4.98 Å². The Morgan fingerprint density at radius 1 is 1.14 bits per heavy atom. The second-order valence-electron chi connectivity index (χ2n) is 9.01. The summed E-state index contributed by atoms with van der Waals surface area (Å²) in [4.78, 5) is 32.7. The van der Waals surface area contributed by atoms with Gasteiger partial charge in [-0.3, -0.25) is 14.5 Å². The number of ether oxygens (including phenoxy) is 2. The van der Waals surface area contributed by atoms with Gasteiger partial charge in [-0.1, -0.05) is 23.5 Å². The Morgan fingerprint density at radius 2 is 1.92 bits per heavy atom. The lowest BCUT2D eigenvalue weighted by Gasteiger charge is -2.23. The highest BCUT2D eigenvalue weighted by Gasteiger charge is 2.48. The fourth-order valence-electron chi connectivity index (χ4n) is 4.84. The number of nitrogens with zero attached hydrogens (tertiary/aromatic N) is 2. The van der Waals surface area contributed by atoms with Crippen molar-refractivity contribution >= 4 is 44.1 Å². The lowest BCUT2D eigenvalue weighted by molar-refractivity contribution is -0.132. The van der Waals surface area contributed by atoms with Gasteiger partial charge in [-0.25, -0.2) is 9.37 Å². The Labute approximate surface area is 215 Å². The summed E-state index contributed by atoms with van der Waals surface area (Å²) in [5.41, 5.74) is 2.32. The number of halogens is 1. The molecule has 2 atom stereocenters. The van der Waals surface area contributed by atoms with Gasteiger partial charge >= 0.3 is 5.91 Å². The van der Waals surface area contributed by atoms with Crippen molar-refractivity contribution in [2.24, 2.45) is 0 Å². The van der Waals surface area contributed by atoms with Gasteiger partial charge in [0.2, 0.25) is 0 Å². The van der Waals surface area contributed by atoms with Crippen LogP contribution in [0.15, 0.2) is 66.2 Å². The van der Waals surface area contributed by atoms with Crippen LogP contribution in [-0.4, -0.2) is 35.0 Å².